The molecule has 0 aliphatic carbocycles. The highest BCUT2D eigenvalue weighted by molar-refractivity contribution is 6.02. The van der Waals surface area contributed by atoms with Crippen molar-refractivity contribution < 1.29 is 27.2 Å². The third-order valence-corrected chi connectivity index (χ3v) is 5.59. The zero-order chi connectivity index (χ0) is 19.3. The highest BCUT2D eigenvalue weighted by Crippen LogP contribution is 2.32. The number of pyridine rings is 1. The fourth-order valence-corrected chi connectivity index (χ4v) is 4.08. The number of furan rings is 1. The van der Waals surface area contributed by atoms with Crippen LogP contribution in [0.1, 0.15) is 40.8 Å². The second-order valence-corrected chi connectivity index (χ2v) is 7.16. The molecule has 1 amide bonds. The predicted octanol–water partition coefficient (Wildman–Crippen LogP) is 2.79. The van der Waals surface area contributed by atoms with Crippen LogP contribution in [-0.4, -0.2) is 52.9 Å². The number of Topliss-reactive ketones (excluding diaryl/α,β-unsaturated/α-hetero) is 1. The van der Waals surface area contributed by atoms with E-state index in [1.165, 1.54) is 12.3 Å². The van der Waals surface area contributed by atoms with Crippen molar-refractivity contribution in [1.29, 1.82) is 0 Å². The Kier molecular flexibility index (Phi) is 4.21. The maximum Gasteiger partial charge on any atom is 0.458 e. The number of carbonyl (C=O) groups excluding carboxylic acids is 2. The van der Waals surface area contributed by atoms with Gasteiger partial charge in [0.25, 0.3) is 5.91 Å². The molecular formula is C18H18F3N3O3. The molecule has 2 aromatic rings. The van der Waals surface area contributed by atoms with Gasteiger partial charge in [-0.1, -0.05) is 0 Å². The SMILES string of the molecule is C[C@H]1[C@H](NC(=O)c2cc3oc(C(=O)C(F)(F)F)cc3cn2)C2CCN1CC2. The lowest BCUT2D eigenvalue weighted by atomic mass is 9.79. The van der Waals surface area contributed by atoms with E-state index in [1.807, 2.05) is 0 Å². The van der Waals surface area contributed by atoms with Crippen LogP contribution in [0.25, 0.3) is 11.0 Å². The number of amides is 1. The van der Waals surface area contributed by atoms with Gasteiger partial charge in [0.15, 0.2) is 5.76 Å². The minimum atomic E-state index is -5.02. The van der Waals surface area contributed by atoms with Crippen LogP contribution < -0.4 is 5.32 Å². The van der Waals surface area contributed by atoms with Crippen molar-refractivity contribution in [2.24, 2.45) is 5.92 Å². The lowest BCUT2D eigenvalue weighted by molar-refractivity contribution is -0.0898. The second-order valence-electron chi connectivity index (χ2n) is 7.16. The average molecular weight is 381 g/mol. The summed E-state index contributed by atoms with van der Waals surface area (Å²) in [7, 11) is 0. The molecule has 3 fully saturated rings. The van der Waals surface area contributed by atoms with Gasteiger partial charge in [-0.05, 0) is 44.8 Å². The third kappa shape index (κ3) is 3.20. The molecular weight excluding hydrogens is 363 g/mol. The first kappa shape index (κ1) is 18.0. The largest absolute Gasteiger partial charge is 0.458 e. The van der Waals surface area contributed by atoms with Crippen molar-refractivity contribution in [1.82, 2.24) is 15.2 Å². The maximum absolute atomic E-state index is 12.6. The number of alkyl halides is 3. The van der Waals surface area contributed by atoms with E-state index in [2.05, 4.69) is 22.1 Å². The van der Waals surface area contributed by atoms with Crippen LogP contribution >= 0.6 is 0 Å². The van der Waals surface area contributed by atoms with E-state index in [-0.39, 0.29) is 28.7 Å². The van der Waals surface area contributed by atoms with Gasteiger partial charge >= 0.3 is 12.0 Å². The molecule has 9 heteroatoms. The van der Waals surface area contributed by atoms with Crippen molar-refractivity contribution in [3.05, 3.63) is 29.8 Å². The van der Waals surface area contributed by atoms with Gasteiger partial charge in [0.05, 0.1) is 0 Å². The van der Waals surface area contributed by atoms with Crippen LogP contribution in [0.15, 0.2) is 22.7 Å². The van der Waals surface area contributed by atoms with Crippen LogP contribution in [0.5, 0.6) is 0 Å². The lowest BCUT2D eigenvalue weighted by Crippen LogP contribution is -2.62. The van der Waals surface area contributed by atoms with E-state index in [9.17, 15) is 22.8 Å². The third-order valence-electron chi connectivity index (χ3n) is 5.59. The van der Waals surface area contributed by atoms with Gasteiger partial charge in [-0.3, -0.25) is 19.5 Å². The van der Waals surface area contributed by atoms with E-state index >= 15 is 0 Å². The molecule has 0 radical (unpaired) electrons. The monoisotopic (exact) mass is 381 g/mol. The Balaban J connectivity index is 1.55. The molecule has 0 aromatic carbocycles. The fraction of sp³-hybridized carbons (Fsp3) is 0.500. The second kappa shape index (κ2) is 6.33. The summed E-state index contributed by atoms with van der Waals surface area (Å²) in [6.07, 6.45) is -1.72. The Bertz CT molecular complexity index is 898. The van der Waals surface area contributed by atoms with Gasteiger partial charge < -0.3 is 9.73 Å². The summed E-state index contributed by atoms with van der Waals surface area (Å²) in [6, 6.07) is 2.49. The van der Waals surface area contributed by atoms with E-state index in [4.69, 9.17) is 4.42 Å². The van der Waals surface area contributed by atoms with E-state index in [1.54, 1.807) is 0 Å². The predicted molar refractivity (Wildman–Crippen MR) is 89.4 cm³/mol. The van der Waals surface area contributed by atoms with Gasteiger partial charge in [0.2, 0.25) is 0 Å². The molecule has 3 saturated heterocycles. The maximum atomic E-state index is 12.6. The highest BCUT2D eigenvalue weighted by atomic mass is 19.4. The van der Waals surface area contributed by atoms with Crippen molar-refractivity contribution in [3.63, 3.8) is 0 Å². The average Bonchev–Trinajstić information content (AvgIpc) is 3.06. The number of piperidine rings is 3. The minimum absolute atomic E-state index is 0.0106. The van der Waals surface area contributed by atoms with Gasteiger partial charge in [0.1, 0.15) is 11.3 Å². The first-order valence-electron chi connectivity index (χ1n) is 8.80. The normalized spacial score (nSPS) is 27.7. The summed E-state index contributed by atoms with van der Waals surface area (Å²) in [6.45, 7) is 4.14. The topological polar surface area (TPSA) is 75.4 Å². The lowest BCUT2D eigenvalue weighted by Gasteiger charge is -2.49. The molecule has 2 bridgehead atoms. The number of nitrogens with one attached hydrogen (secondary N) is 1. The molecule has 5 rings (SSSR count). The molecule has 0 spiro atoms. The zero-order valence-electron chi connectivity index (χ0n) is 14.5. The summed E-state index contributed by atoms with van der Waals surface area (Å²) in [4.78, 5) is 30.3. The Morgan fingerprint density at radius 3 is 2.59 bits per heavy atom. The summed E-state index contributed by atoms with van der Waals surface area (Å²) >= 11 is 0. The number of aromatic nitrogens is 1. The van der Waals surface area contributed by atoms with Crippen molar-refractivity contribution >= 4 is 22.7 Å². The van der Waals surface area contributed by atoms with Crippen molar-refractivity contribution in [3.8, 4) is 0 Å². The van der Waals surface area contributed by atoms with Crippen LogP contribution in [0.2, 0.25) is 0 Å². The minimum Gasteiger partial charge on any atom is -0.452 e. The molecule has 0 unspecified atom stereocenters. The van der Waals surface area contributed by atoms with E-state index in [0.29, 0.717) is 5.92 Å². The number of carbonyl (C=O) groups is 2. The summed E-state index contributed by atoms with van der Waals surface area (Å²) in [5.41, 5.74) is 0.0659. The first-order valence-corrected chi connectivity index (χ1v) is 8.80. The number of hydrogen-bond acceptors (Lipinski definition) is 5. The van der Waals surface area contributed by atoms with Crippen molar-refractivity contribution in [2.75, 3.05) is 13.1 Å². The smallest absolute Gasteiger partial charge is 0.452 e. The molecule has 1 N–H and O–H groups in total. The Labute approximate surface area is 152 Å². The molecule has 2 atom stereocenters. The first-order chi connectivity index (χ1) is 12.7. The van der Waals surface area contributed by atoms with Gasteiger partial charge in [0, 0.05) is 29.7 Å². The molecule has 0 saturated carbocycles. The summed E-state index contributed by atoms with van der Waals surface area (Å²) < 4.78 is 42.7. The Morgan fingerprint density at radius 2 is 1.96 bits per heavy atom. The molecule has 5 heterocycles. The number of halogens is 3. The van der Waals surface area contributed by atoms with Crippen LogP contribution in [-0.2, 0) is 0 Å². The summed E-state index contributed by atoms with van der Waals surface area (Å²) in [5, 5.41) is 3.23. The molecule has 6 nitrogen and oxygen atoms in total. The Hall–Kier alpha value is -2.42. The van der Waals surface area contributed by atoms with Gasteiger partial charge in [-0.2, -0.15) is 13.2 Å². The molecule has 3 aliphatic heterocycles. The Morgan fingerprint density at radius 1 is 1.26 bits per heavy atom. The van der Waals surface area contributed by atoms with Gasteiger partial charge in [-0.25, -0.2) is 0 Å². The highest BCUT2D eigenvalue weighted by Gasteiger charge is 2.42. The molecule has 144 valence electrons. The molecule has 2 aromatic heterocycles. The van der Waals surface area contributed by atoms with Gasteiger partial charge in [-0.15, -0.1) is 0 Å². The van der Waals surface area contributed by atoms with Crippen molar-refractivity contribution in [2.45, 2.75) is 38.0 Å². The van der Waals surface area contributed by atoms with Crippen LogP contribution in [0.4, 0.5) is 13.2 Å². The van der Waals surface area contributed by atoms with E-state index in [0.717, 1.165) is 32.0 Å². The van der Waals surface area contributed by atoms with Crippen LogP contribution in [0, 0.1) is 5.92 Å². The number of nitrogens with zero attached hydrogens (tertiary/aromatic N) is 2. The van der Waals surface area contributed by atoms with E-state index < -0.39 is 23.6 Å². The summed E-state index contributed by atoms with van der Waals surface area (Å²) in [5.74, 6) is -2.87. The quantitative estimate of drug-likeness (QED) is 0.828. The fourth-order valence-electron chi connectivity index (χ4n) is 4.08. The number of ketones is 1. The molecule has 3 aliphatic rings. The van der Waals surface area contributed by atoms with Crippen LogP contribution in [0.3, 0.4) is 0 Å². The number of hydrogen-bond donors (Lipinski definition) is 1. The number of fused-ring (bicyclic) bond motifs is 4. The number of rotatable bonds is 3. The standard InChI is InChI=1S/C18H18F3N3O3/c1-9-15(10-2-4-24(9)5-3-10)23-17(26)12-7-13-11(8-22-12)6-14(27-13)16(25)18(19,20)21/h6-10,15H,2-5H2,1H3,(H,23,26)/t9-,15-/m0/s1. The molecule has 27 heavy (non-hydrogen) atoms. The zero-order valence-corrected chi connectivity index (χ0v) is 14.5.